The van der Waals surface area contributed by atoms with Crippen molar-refractivity contribution in [1.82, 2.24) is 4.31 Å². The van der Waals surface area contributed by atoms with Crippen molar-refractivity contribution in [1.29, 1.82) is 0 Å². The van der Waals surface area contributed by atoms with Crippen LogP contribution in [-0.2, 0) is 14.8 Å². The SMILES string of the molecule is COCCN(C1CCSC1)S(=O)(=O)c1ccccc1[N+](=O)[O-]. The smallest absolute Gasteiger partial charge is 0.289 e. The number of rotatable bonds is 7. The molecule has 0 amide bonds. The van der Waals surface area contributed by atoms with Crippen LogP contribution >= 0.6 is 11.8 Å². The summed E-state index contributed by atoms with van der Waals surface area (Å²) >= 11 is 1.68. The molecule has 1 heterocycles. The summed E-state index contributed by atoms with van der Waals surface area (Å²) in [6, 6.07) is 5.31. The van der Waals surface area contributed by atoms with Gasteiger partial charge in [0.2, 0.25) is 10.0 Å². The average molecular weight is 346 g/mol. The number of thioether (sulfide) groups is 1. The van der Waals surface area contributed by atoms with Crippen LogP contribution in [-0.4, -0.2) is 55.5 Å². The van der Waals surface area contributed by atoms with Gasteiger partial charge in [-0.05, 0) is 18.2 Å². The first kappa shape index (κ1) is 17.2. The van der Waals surface area contributed by atoms with Crippen LogP contribution in [0.3, 0.4) is 0 Å². The molecule has 0 spiro atoms. The van der Waals surface area contributed by atoms with E-state index in [0.29, 0.717) is 5.75 Å². The Labute approximate surface area is 133 Å². The number of hydrogen-bond acceptors (Lipinski definition) is 6. The maximum Gasteiger partial charge on any atom is 0.289 e. The van der Waals surface area contributed by atoms with Crippen molar-refractivity contribution in [3.05, 3.63) is 34.4 Å². The summed E-state index contributed by atoms with van der Waals surface area (Å²) in [5.41, 5.74) is -0.393. The van der Waals surface area contributed by atoms with E-state index in [0.717, 1.165) is 12.2 Å². The van der Waals surface area contributed by atoms with Gasteiger partial charge >= 0.3 is 0 Å². The van der Waals surface area contributed by atoms with Crippen molar-refractivity contribution in [3.63, 3.8) is 0 Å². The first-order valence-corrected chi connectivity index (χ1v) is 9.40. The van der Waals surface area contributed by atoms with Gasteiger partial charge in [-0.15, -0.1) is 0 Å². The lowest BCUT2D eigenvalue weighted by molar-refractivity contribution is -0.387. The van der Waals surface area contributed by atoms with Crippen molar-refractivity contribution in [2.45, 2.75) is 17.4 Å². The van der Waals surface area contributed by atoms with Gasteiger partial charge in [0.05, 0.1) is 11.5 Å². The maximum atomic E-state index is 12.9. The summed E-state index contributed by atoms with van der Waals surface area (Å²) in [6.07, 6.45) is 0.744. The second-order valence-electron chi connectivity index (χ2n) is 4.85. The molecule has 0 aliphatic carbocycles. The Hall–Kier alpha value is -1.16. The molecule has 1 atom stereocenters. The molecule has 0 aromatic heterocycles. The predicted molar refractivity (Wildman–Crippen MR) is 84.6 cm³/mol. The van der Waals surface area contributed by atoms with Gasteiger partial charge in [-0.2, -0.15) is 16.1 Å². The van der Waals surface area contributed by atoms with Gasteiger partial charge in [-0.1, -0.05) is 12.1 Å². The lowest BCUT2D eigenvalue weighted by Crippen LogP contribution is -2.42. The molecule has 1 aromatic rings. The Kier molecular flexibility index (Phi) is 5.79. The van der Waals surface area contributed by atoms with E-state index in [1.54, 1.807) is 11.8 Å². The van der Waals surface area contributed by atoms with E-state index < -0.39 is 20.6 Å². The fourth-order valence-electron chi connectivity index (χ4n) is 2.38. The molecule has 9 heteroatoms. The first-order chi connectivity index (χ1) is 10.5. The molecule has 1 aromatic carbocycles. The number of methoxy groups -OCH3 is 1. The van der Waals surface area contributed by atoms with Gasteiger partial charge < -0.3 is 4.74 Å². The molecular formula is C13H18N2O5S2. The summed E-state index contributed by atoms with van der Waals surface area (Å²) in [7, 11) is -2.43. The van der Waals surface area contributed by atoms with Crippen molar-refractivity contribution >= 4 is 27.5 Å². The number of nitro benzene ring substituents is 1. The third-order valence-corrected chi connectivity index (χ3v) is 6.62. The second-order valence-corrected chi connectivity index (χ2v) is 7.86. The van der Waals surface area contributed by atoms with Crippen LogP contribution in [0, 0.1) is 10.1 Å². The molecule has 0 N–H and O–H groups in total. The number of benzene rings is 1. The highest BCUT2D eigenvalue weighted by Crippen LogP contribution is 2.31. The molecule has 1 aliphatic rings. The molecule has 122 valence electrons. The molecule has 7 nitrogen and oxygen atoms in total. The minimum atomic E-state index is -3.93. The van der Waals surface area contributed by atoms with E-state index in [-0.39, 0.29) is 24.1 Å². The second kappa shape index (κ2) is 7.40. The van der Waals surface area contributed by atoms with Gasteiger partial charge in [-0.3, -0.25) is 10.1 Å². The molecule has 0 bridgehead atoms. The summed E-state index contributed by atoms with van der Waals surface area (Å²) in [5.74, 6) is 1.59. The standard InChI is InChI=1S/C13H18N2O5S2/c1-20-8-7-14(11-6-9-21-10-11)22(18,19)13-5-3-2-4-12(13)15(16)17/h2-5,11H,6-10H2,1H3. The summed E-state index contributed by atoms with van der Waals surface area (Å²) in [5, 5.41) is 11.1. The highest BCUT2D eigenvalue weighted by Gasteiger charge is 2.36. The van der Waals surface area contributed by atoms with E-state index in [2.05, 4.69) is 0 Å². The fraction of sp³-hybridized carbons (Fsp3) is 0.538. The topological polar surface area (TPSA) is 89.8 Å². The van der Waals surface area contributed by atoms with E-state index in [1.165, 1.54) is 35.7 Å². The number of para-hydroxylation sites is 1. The lowest BCUT2D eigenvalue weighted by Gasteiger charge is -2.27. The Morgan fingerprint density at radius 3 is 2.77 bits per heavy atom. The molecule has 1 aliphatic heterocycles. The highest BCUT2D eigenvalue weighted by atomic mass is 32.2. The minimum absolute atomic E-state index is 0.148. The zero-order valence-electron chi connectivity index (χ0n) is 12.2. The quantitative estimate of drug-likeness (QED) is 0.552. The maximum absolute atomic E-state index is 12.9. The van der Waals surface area contributed by atoms with Gasteiger partial charge in [0.25, 0.3) is 5.69 Å². The van der Waals surface area contributed by atoms with E-state index in [4.69, 9.17) is 4.74 Å². The average Bonchev–Trinajstić information content (AvgIpc) is 3.01. The van der Waals surface area contributed by atoms with Crippen molar-refractivity contribution in [2.75, 3.05) is 31.8 Å². The van der Waals surface area contributed by atoms with Crippen LogP contribution in [0.4, 0.5) is 5.69 Å². The van der Waals surface area contributed by atoms with Crippen molar-refractivity contribution in [3.8, 4) is 0 Å². The molecule has 1 fully saturated rings. The summed E-state index contributed by atoms with van der Waals surface area (Å²) < 4.78 is 32.2. The number of nitrogens with zero attached hydrogens (tertiary/aromatic N) is 2. The Morgan fingerprint density at radius 2 is 2.18 bits per heavy atom. The van der Waals surface area contributed by atoms with Crippen LogP contribution in [0.1, 0.15) is 6.42 Å². The van der Waals surface area contributed by atoms with Crippen LogP contribution < -0.4 is 0 Å². The van der Waals surface area contributed by atoms with E-state index in [9.17, 15) is 18.5 Å². The van der Waals surface area contributed by atoms with E-state index in [1.807, 2.05) is 0 Å². The fourth-order valence-corrected chi connectivity index (χ4v) is 5.50. The van der Waals surface area contributed by atoms with E-state index >= 15 is 0 Å². The Morgan fingerprint density at radius 1 is 1.45 bits per heavy atom. The highest BCUT2D eigenvalue weighted by molar-refractivity contribution is 7.99. The Balaban J connectivity index is 2.42. The number of ether oxygens (including phenoxy) is 1. The van der Waals surface area contributed by atoms with Crippen LogP contribution in [0.25, 0.3) is 0 Å². The molecule has 0 radical (unpaired) electrons. The molecule has 1 saturated heterocycles. The zero-order valence-corrected chi connectivity index (χ0v) is 13.8. The van der Waals surface area contributed by atoms with Gasteiger partial charge in [0.15, 0.2) is 4.90 Å². The molecule has 0 saturated carbocycles. The summed E-state index contributed by atoms with van der Waals surface area (Å²) in [4.78, 5) is 10.2. The molecule has 22 heavy (non-hydrogen) atoms. The Bertz CT molecular complexity index is 629. The number of hydrogen-bond donors (Lipinski definition) is 0. The lowest BCUT2D eigenvalue weighted by atomic mass is 10.3. The van der Waals surface area contributed by atoms with Gasteiger partial charge in [-0.25, -0.2) is 8.42 Å². The first-order valence-electron chi connectivity index (χ1n) is 6.80. The third-order valence-electron chi connectivity index (χ3n) is 3.48. The van der Waals surface area contributed by atoms with Crippen molar-refractivity contribution < 1.29 is 18.1 Å². The zero-order chi connectivity index (χ0) is 16.2. The van der Waals surface area contributed by atoms with Crippen LogP contribution in [0.2, 0.25) is 0 Å². The van der Waals surface area contributed by atoms with Gasteiger partial charge in [0, 0.05) is 31.5 Å². The normalized spacial score (nSPS) is 18.7. The molecule has 1 unspecified atom stereocenters. The van der Waals surface area contributed by atoms with Crippen molar-refractivity contribution in [2.24, 2.45) is 0 Å². The van der Waals surface area contributed by atoms with Gasteiger partial charge in [0.1, 0.15) is 0 Å². The number of nitro groups is 1. The molecular weight excluding hydrogens is 328 g/mol. The predicted octanol–water partition coefficient (Wildman–Crippen LogP) is 1.74. The summed E-state index contributed by atoms with van der Waals surface area (Å²) in [6.45, 7) is 0.442. The number of sulfonamides is 1. The largest absolute Gasteiger partial charge is 0.383 e. The van der Waals surface area contributed by atoms with Crippen LogP contribution in [0.15, 0.2) is 29.2 Å². The minimum Gasteiger partial charge on any atom is -0.383 e. The monoisotopic (exact) mass is 346 g/mol. The third kappa shape index (κ3) is 3.60. The molecule has 2 rings (SSSR count). The van der Waals surface area contributed by atoms with Crippen LogP contribution in [0.5, 0.6) is 0 Å².